The predicted molar refractivity (Wildman–Crippen MR) is 83.1 cm³/mol. The van der Waals surface area contributed by atoms with Crippen LogP contribution in [0.25, 0.3) is 0 Å². The van der Waals surface area contributed by atoms with Gasteiger partial charge < -0.3 is 15.4 Å². The quantitative estimate of drug-likeness (QED) is 0.782. The fourth-order valence-corrected chi connectivity index (χ4v) is 2.52. The Balaban J connectivity index is 1.70. The van der Waals surface area contributed by atoms with Gasteiger partial charge in [0.1, 0.15) is 0 Å². The molecule has 2 N–H and O–H groups in total. The standard InChI is InChI=1S/C16H20F3N3O3/c17-16(18,19)10-25-14-6-5-11(9-21-14)15(24)20-8-7-13(23)22-12-3-1-2-4-12/h5-6,9,12H,1-4,7-8,10H2,(H,20,24)(H,22,23). The van der Waals surface area contributed by atoms with Crippen LogP contribution in [0, 0.1) is 0 Å². The first-order valence-electron chi connectivity index (χ1n) is 8.06. The van der Waals surface area contributed by atoms with E-state index >= 15 is 0 Å². The van der Waals surface area contributed by atoms with Gasteiger partial charge in [0, 0.05) is 31.3 Å². The lowest BCUT2D eigenvalue weighted by atomic mass is 10.2. The van der Waals surface area contributed by atoms with Crippen molar-refractivity contribution in [2.24, 2.45) is 0 Å². The number of hydrogen-bond acceptors (Lipinski definition) is 4. The zero-order chi connectivity index (χ0) is 18.3. The molecule has 0 aromatic carbocycles. The summed E-state index contributed by atoms with van der Waals surface area (Å²) < 4.78 is 40.6. The number of nitrogens with one attached hydrogen (secondary N) is 2. The summed E-state index contributed by atoms with van der Waals surface area (Å²) in [6.07, 6.45) is 1.08. The number of hydrogen-bond donors (Lipinski definition) is 2. The molecule has 0 radical (unpaired) electrons. The van der Waals surface area contributed by atoms with Crippen molar-refractivity contribution in [2.45, 2.75) is 44.3 Å². The van der Waals surface area contributed by atoms with Crippen LogP contribution in [0.1, 0.15) is 42.5 Å². The van der Waals surface area contributed by atoms with Crippen LogP contribution < -0.4 is 15.4 Å². The van der Waals surface area contributed by atoms with Crippen LogP contribution >= 0.6 is 0 Å². The molecule has 1 saturated carbocycles. The van der Waals surface area contributed by atoms with Crippen LogP contribution in [0.15, 0.2) is 18.3 Å². The topological polar surface area (TPSA) is 80.3 Å². The molecule has 0 atom stereocenters. The second-order valence-electron chi connectivity index (χ2n) is 5.84. The van der Waals surface area contributed by atoms with Gasteiger partial charge in [-0.15, -0.1) is 0 Å². The molecular weight excluding hydrogens is 339 g/mol. The lowest BCUT2D eigenvalue weighted by molar-refractivity contribution is -0.154. The van der Waals surface area contributed by atoms with Gasteiger partial charge in [-0.3, -0.25) is 9.59 Å². The van der Waals surface area contributed by atoms with Crippen molar-refractivity contribution >= 4 is 11.8 Å². The van der Waals surface area contributed by atoms with Gasteiger partial charge in [-0.1, -0.05) is 12.8 Å². The van der Waals surface area contributed by atoms with Crippen LogP contribution in [-0.2, 0) is 4.79 Å². The molecule has 0 bridgehead atoms. The molecule has 138 valence electrons. The van der Waals surface area contributed by atoms with Gasteiger partial charge in [0.25, 0.3) is 5.91 Å². The van der Waals surface area contributed by atoms with E-state index in [0.717, 1.165) is 31.9 Å². The van der Waals surface area contributed by atoms with Crippen molar-refractivity contribution in [2.75, 3.05) is 13.2 Å². The van der Waals surface area contributed by atoms with Crippen LogP contribution in [0.5, 0.6) is 5.88 Å². The predicted octanol–water partition coefficient (Wildman–Crippen LogP) is 2.20. The maximum absolute atomic E-state index is 12.0. The van der Waals surface area contributed by atoms with Crippen LogP contribution in [0.2, 0.25) is 0 Å². The third-order valence-electron chi connectivity index (χ3n) is 3.74. The molecule has 0 unspecified atom stereocenters. The number of amides is 2. The summed E-state index contributed by atoms with van der Waals surface area (Å²) in [5.41, 5.74) is 0.176. The molecule has 0 saturated heterocycles. The van der Waals surface area contributed by atoms with Gasteiger partial charge in [-0.05, 0) is 18.9 Å². The van der Waals surface area contributed by atoms with Gasteiger partial charge in [0.2, 0.25) is 11.8 Å². The Morgan fingerprint density at radius 2 is 1.96 bits per heavy atom. The summed E-state index contributed by atoms with van der Waals surface area (Å²) in [6.45, 7) is -1.27. The number of ether oxygens (including phenoxy) is 1. The van der Waals surface area contributed by atoms with Crippen molar-refractivity contribution in [3.63, 3.8) is 0 Å². The smallest absolute Gasteiger partial charge is 0.422 e. The van der Waals surface area contributed by atoms with Crippen molar-refractivity contribution in [3.8, 4) is 5.88 Å². The third kappa shape index (κ3) is 6.98. The third-order valence-corrected chi connectivity index (χ3v) is 3.74. The molecule has 1 aliphatic rings. The minimum atomic E-state index is -4.45. The fraction of sp³-hybridized carbons (Fsp3) is 0.562. The minimum absolute atomic E-state index is 0.110. The first-order chi connectivity index (χ1) is 11.8. The van der Waals surface area contributed by atoms with E-state index in [1.165, 1.54) is 12.1 Å². The minimum Gasteiger partial charge on any atom is -0.468 e. The van der Waals surface area contributed by atoms with E-state index in [4.69, 9.17) is 0 Å². The molecule has 2 amide bonds. The van der Waals surface area contributed by atoms with E-state index in [-0.39, 0.29) is 36.4 Å². The molecule has 1 aromatic heterocycles. The van der Waals surface area contributed by atoms with Crippen molar-refractivity contribution in [1.82, 2.24) is 15.6 Å². The highest BCUT2D eigenvalue weighted by Crippen LogP contribution is 2.18. The van der Waals surface area contributed by atoms with Crippen LogP contribution in [0.3, 0.4) is 0 Å². The van der Waals surface area contributed by atoms with Crippen LogP contribution in [-0.4, -0.2) is 42.2 Å². The molecule has 1 aromatic rings. The average molecular weight is 359 g/mol. The molecule has 0 aliphatic heterocycles. The number of carbonyl (C=O) groups excluding carboxylic acids is 2. The summed E-state index contributed by atoms with van der Waals surface area (Å²) >= 11 is 0. The number of alkyl halides is 3. The fourth-order valence-electron chi connectivity index (χ4n) is 2.52. The summed E-state index contributed by atoms with van der Waals surface area (Å²) in [5, 5.41) is 5.48. The Labute approximate surface area is 143 Å². The highest BCUT2D eigenvalue weighted by Gasteiger charge is 2.28. The van der Waals surface area contributed by atoms with Crippen molar-refractivity contribution < 1.29 is 27.5 Å². The number of rotatable bonds is 7. The summed E-state index contributed by atoms with van der Waals surface area (Å²) in [6, 6.07) is 2.73. The number of aromatic nitrogens is 1. The second-order valence-corrected chi connectivity index (χ2v) is 5.84. The molecule has 0 spiro atoms. The van der Waals surface area contributed by atoms with E-state index < -0.39 is 18.7 Å². The normalized spacial score (nSPS) is 15.0. The lowest BCUT2D eigenvalue weighted by Crippen LogP contribution is -2.35. The number of pyridine rings is 1. The van der Waals surface area contributed by atoms with Crippen molar-refractivity contribution in [3.05, 3.63) is 23.9 Å². The molecule has 2 rings (SSSR count). The second kappa shape index (κ2) is 8.68. The monoisotopic (exact) mass is 359 g/mol. The van der Waals surface area contributed by atoms with Crippen molar-refractivity contribution in [1.29, 1.82) is 0 Å². The highest BCUT2D eigenvalue weighted by molar-refractivity contribution is 5.94. The zero-order valence-electron chi connectivity index (χ0n) is 13.6. The molecule has 1 aliphatic carbocycles. The first-order valence-corrected chi connectivity index (χ1v) is 8.06. The SMILES string of the molecule is O=C(CCNC(=O)c1ccc(OCC(F)(F)F)nc1)NC1CCCC1. The van der Waals surface area contributed by atoms with Gasteiger partial charge in [0.05, 0.1) is 5.56 Å². The molecular formula is C16H20F3N3O3. The van der Waals surface area contributed by atoms with Gasteiger partial charge >= 0.3 is 6.18 Å². The maximum Gasteiger partial charge on any atom is 0.422 e. The highest BCUT2D eigenvalue weighted by atomic mass is 19.4. The van der Waals surface area contributed by atoms with Crippen LogP contribution in [0.4, 0.5) is 13.2 Å². The Morgan fingerprint density at radius 3 is 2.56 bits per heavy atom. The molecule has 6 nitrogen and oxygen atoms in total. The number of nitrogens with zero attached hydrogens (tertiary/aromatic N) is 1. The van der Waals surface area contributed by atoms with Gasteiger partial charge in [-0.25, -0.2) is 4.98 Å². The van der Waals surface area contributed by atoms with E-state index in [9.17, 15) is 22.8 Å². The zero-order valence-corrected chi connectivity index (χ0v) is 13.6. The lowest BCUT2D eigenvalue weighted by Gasteiger charge is -2.12. The van der Waals surface area contributed by atoms with E-state index in [0.29, 0.717) is 0 Å². The van der Waals surface area contributed by atoms with E-state index in [1.807, 2.05) is 0 Å². The Kier molecular flexibility index (Phi) is 6.60. The Hall–Kier alpha value is -2.32. The summed E-state index contributed by atoms with van der Waals surface area (Å²) in [5.74, 6) is -0.783. The van der Waals surface area contributed by atoms with E-state index in [1.54, 1.807) is 0 Å². The maximum atomic E-state index is 12.0. The average Bonchev–Trinajstić information content (AvgIpc) is 3.05. The Bertz CT molecular complexity index is 585. The Morgan fingerprint density at radius 1 is 1.24 bits per heavy atom. The summed E-state index contributed by atoms with van der Waals surface area (Å²) in [7, 11) is 0. The largest absolute Gasteiger partial charge is 0.468 e. The molecule has 25 heavy (non-hydrogen) atoms. The number of carbonyl (C=O) groups is 2. The molecule has 1 fully saturated rings. The first kappa shape index (κ1) is 19.0. The van der Waals surface area contributed by atoms with E-state index in [2.05, 4.69) is 20.4 Å². The molecule has 9 heteroatoms. The molecule has 1 heterocycles. The van der Waals surface area contributed by atoms with Gasteiger partial charge in [-0.2, -0.15) is 13.2 Å². The number of halogens is 3. The summed E-state index contributed by atoms with van der Waals surface area (Å²) in [4.78, 5) is 27.3. The van der Waals surface area contributed by atoms with Gasteiger partial charge in [0.15, 0.2) is 6.61 Å².